The van der Waals surface area contributed by atoms with Crippen LogP contribution in [0.4, 0.5) is 0 Å². The zero-order chi connectivity index (χ0) is 30.5. The van der Waals surface area contributed by atoms with E-state index in [0.717, 1.165) is 24.3 Å². The quantitative estimate of drug-likeness (QED) is 0.106. The summed E-state index contributed by atoms with van der Waals surface area (Å²) in [6, 6.07) is 0. The third-order valence-electron chi connectivity index (χ3n) is 3.53. The average Bonchev–Trinajstić information content (AvgIpc) is 2.90. The molecule has 0 bridgehead atoms. The summed E-state index contributed by atoms with van der Waals surface area (Å²) in [5.74, 6) is -3.93. The van der Waals surface area contributed by atoms with Crippen molar-refractivity contribution in [3.05, 3.63) is 50.6 Å². The van der Waals surface area contributed by atoms with E-state index in [-0.39, 0.29) is 13.2 Å². The monoisotopic (exact) mass is 542 g/mol. The summed E-state index contributed by atoms with van der Waals surface area (Å²) in [6.45, 7) is 8.84. The zero-order valence-corrected chi connectivity index (χ0v) is 20.3. The van der Waals surface area contributed by atoms with E-state index in [9.17, 15) is 19.2 Å². The van der Waals surface area contributed by atoms with Crippen molar-refractivity contribution in [2.75, 3.05) is 52.9 Å². The van der Waals surface area contributed by atoms with E-state index >= 15 is 0 Å². The second-order valence-corrected chi connectivity index (χ2v) is 6.61. The van der Waals surface area contributed by atoms with Crippen LogP contribution in [0.1, 0.15) is 0 Å². The van der Waals surface area contributed by atoms with Crippen LogP contribution in [-0.2, 0) is 23.9 Å². The van der Waals surface area contributed by atoms with Crippen LogP contribution in [0.25, 0.3) is 0 Å². The first-order valence-corrected chi connectivity index (χ1v) is 9.80. The van der Waals surface area contributed by atoms with Crippen molar-refractivity contribution < 1.29 is 75.0 Å². The van der Waals surface area contributed by atoms with Crippen LogP contribution >= 0.6 is 0 Å². The van der Waals surface area contributed by atoms with Gasteiger partial charge >= 0.3 is 23.9 Å². The minimum absolute atomic E-state index is 0.141. The number of carboxylic acid groups (broad SMARTS) is 4. The van der Waals surface area contributed by atoms with Crippen LogP contribution in [0.5, 0.6) is 0 Å². The van der Waals surface area contributed by atoms with Crippen LogP contribution in [-0.4, -0.2) is 128 Å². The van der Waals surface area contributed by atoms with Gasteiger partial charge in [0.25, 0.3) is 0 Å². The lowest BCUT2D eigenvalue weighted by Crippen LogP contribution is -2.43. The predicted octanol–water partition coefficient (Wildman–Crippen LogP) is -2.04. The molecule has 0 aliphatic heterocycles. The van der Waals surface area contributed by atoms with Gasteiger partial charge in [0, 0.05) is 24.3 Å². The minimum atomic E-state index is -1.16. The summed E-state index contributed by atoms with van der Waals surface area (Å²) < 4.78 is 5.15. The third-order valence-corrected chi connectivity index (χ3v) is 3.53. The van der Waals surface area contributed by atoms with Crippen LogP contribution in [0.15, 0.2) is 50.6 Å². The van der Waals surface area contributed by atoms with Crippen molar-refractivity contribution in [2.24, 2.45) is 10.8 Å². The number of aliphatic hydroxyl groups is 6. The molecule has 0 aromatic heterocycles. The molecule has 0 fully saturated rings. The van der Waals surface area contributed by atoms with Crippen molar-refractivity contribution >= 4 is 23.9 Å². The second kappa shape index (κ2) is 28.8. The fourth-order valence-corrected chi connectivity index (χ4v) is 1.06. The first-order valence-electron chi connectivity index (χ1n) is 9.80. The molecule has 0 spiro atoms. The number of rotatable bonds is 14. The normalized spacial score (nSPS) is 9.46. The minimum Gasteiger partial charge on any atom is -0.478 e. The average molecular weight is 543 g/mol. The second-order valence-electron chi connectivity index (χ2n) is 6.61. The highest BCUT2D eigenvalue weighted by Gasteiger charge is 2.32. The smallest absolute Gasteiger partial charge is 0.327 e. The maximum atomic E-state index is 9.25. The topological polar surface area (TPSA) is 280 Å². The summed E-state index contributed by atoms with van der Waals surface area (Å²) in [4.78, 5) is 37.0. The molecule has 0 aromatic carbocycles. The largest absolute Gasteiger partial charge is 0.478 e. The van der Waals surface area contributed by atoms with Crippen molar-refractivity contribution in [3.63, 3.8) is 0 Å². The van der Waals surface area contributed by atoms with Crippen molar-refractivity contribution in [3.8, 4) is 0 Å². The summed E-state index contributed by atoms with van der Waals surface area (Å²) in [5.41, 5.74) is -2.32. The highest BCUT2D eigenvalue weighted by molar-refractivity contribution is 5.79. The molecule has 0 radical (unpaired) electrons. The van der Waals surface area contributed by atoms with Crippen LogP contribution < -0.4 is 0 Å². The van der Waals surface area contributed by atoms with Crippen molar-refractivity contribution in [2.45, 2.75) is 0 Å². The van der Waals surface area contributed by atoms with Gasteiger partial charge in [0.2, 0.25) is 0 Å². The summed E-state index contributed by atoms with van der Waals surface area (Å²) >= 11 is 0. The molecule has 0 aromatic rings. The lowest BCUT2D eigenvalue weighted by atomic mass is 9.91. The Bertz CT molecular complexity index is 556. The molecule has 0 rings (SSSR count). The van der Waals surface area contributed by atoms with E-state index in [1.54, 1.807) is 0 Å². The molecular weight excluding hydrogens is 504 g/mol. The number of aliphatic carboxylic acids is 4. The van der Waals surface area contributed by atoms with Gasteiger partial charge in [-0.15, -0.1) is 0 Å². The first-order chi connectivity index (χ1) is 17.2. The standard InChI is InChI=1S/C10H22O7.4C3H4O2/c11-1-9(2-12,3-13)7-17-8-10(4-14,5-15)6-16;4*1-2-3(4)5/h11-16H,1-8H2;4*2H,1H2,(H,4,5). The highest BCUT2D eigenvalue weighted by Crippen LogP contribution is 2.19. The molecule has 0 atom stereocenters. The molecule has 15 heteroatoms. The molecule has 10 N–H and O–H groups in total. The SMILES string of the molecule is C=CC(=O)O.C=CC(=O)O.C=CC(=O)O.C=CC(=O)O.OCC(CO)(CO)COCC(CO)(CO)CO. The number of carboxylic acids is 4. The molecule has 0 aliphatic rings. The third kappa shape index (κ3) is 32.6. The Hall–Kier alpha value is -3.44. The number of ether oxygens (including phenoxy) is 1. The summed E-state index contributed by atoms with van der Waals surface area (Å²) in [5, 5.41) is 84.6. The van der Waals surface area contributed by atoms with Gasteiger partial charge in [0.15, 0.2) is 0 Å². The van der Waals surface area contributed by atoms with Gasteiger partial charge in [-0.05, 0) is 0 Å². The van der Waals surface area contributed by atoms with Gasteiger partial charge in [0.1, 0.15) is 0 Å². The summed E-state index contributed by atoms with van der Waals surface area (Å²) in [7, 11) is 0. The van der Waals surface area contributed by atoms with E-state index in [4.69, 9.17) is 55.8 Å². The van der Waals surface area contributed by atoms with E-state index < -0.39 is 74.3 Å². The molecule has 216 valence electrons. The fraction of sp³-hybridized carbons (Fsp3) is 0.455. The maximum Gasteiger partial charge on any atom is 0.327 e. The Labute approximate surface area is 213 Å². The Balaban J connectivity index is -0.000000139. The van der Waals surface area contributed by atoms with Gasteiger partial charge in [-0.1, -0.05) is 26.3 Å². The van der Waals surface area contributed by atoms with Gasteiger partial charge in [-0.25, -0.2) is 19.2 Å². The van der Waals surface area contributed by atoms with Gasteiger partial charge < -0.3 is 55.8 Å². The molecule has 0 saturated carbocycles. The van der Waals surface area contributed by atoms with Crippen molar-refractivity contribution in [1.29, 1.82) is 0 Å². The van der Waals surface area contributed by atoms with Crippen LogP contribution in [0.2, 0.25) is 0 Å². The Kier molecular flexibility index (Phi) is 33.9. The number of aliphatic hydroxyl groups excluding tert-OH is 6. The molecule has 0 saturated heterocycles. The first kappa shape index (κ1) is 43.6. The fourth-order valence-electron chi connectivity index (χ4n) is 1.06. The summed E-state index contributed by atoms with van der Waals surface area (Å²) in [6.07, 6.45) is 3.33. The van der Waals surface area contributed by atoms with Crippen molar-refractivity contribution in [1.82, 2.24) is 0 Å². The lowest BCUT2D eigenvalue weighted by molar-refractivity contribution is -0.132. The van der Waals surface area contributed by atoms with Crippen LogP contribution in [0.3, 0.4) is 0 Å². The van der Waals surface area contributed by atoms with Crippen LogP contribution in [0, 0.1) is 10.8 Å². The molecular formula is C22H38O15. The van der Waals surface area contributed by atoms with E-state index in [2.05, 4.69) is 26.3 Å². The molecule has 37 heavy (non-hydrogen) atoms. The number of carbonyl (C=O) groups is 4. The van der Waals surface area contributed by atoms with E-state index in [1.807, 2.05) is 0 Å². The lowest BCUT2D eigenvalue weighted by Gasteiger charge is -2.31. The number of hydrogen-bond donors (Lipinski definition) is 10. The zero-order valence-electron chi connectivity index (χ0n) is 20.3. The molecule has 0 amide bonds. The predicted molar refractivity (Wildman–Crippen MR) is 130 cm³/mol. The number of hydrogen-bond acceptors (Lipinski definition) is 11. The maximum absolute atomic E-state index is 9.25. The highest BCUT2D eigenvalue weighted by atomic mass is 16.5. The Morgan fingerprint density at radius 2 is 0.622 bits per heavy atom. The molecule has 15 nitrogen and oxygen atoms in total. The van der Waals surface area contributed by atoms with Gasteiger partial charge in [0.05, 0.1) is 63.7 Å². The molecule has 0 aliphatic carbocycles. The van der Waals surface area contributed by atoms with Gasteiger partial charge in [-0.3, -0.25) is 0 Å². The molecule has 0 unspecified atom stereocenters. The van der Waals surface area contributed by atoms with Gasteiger partial charge in [-0.2, -0.15) is 0 Å². The Morgan fingerprint density at radius 1 is 0.486 bits per heavy atom. The van der Waals surface area contributed by atoms with E-state index in [0.29, 0.717) is 0 Å². The molecule has 0 heterocycles. The Morgan fingerprint density at radius 3 is 0.703 bits per heavy atom. The van der Waals surface area contributed by atoms with E-state index in [1.165, 1.54) is 0 Å².